The van der Waals surface area contributed by atoms with Crippen LogP contribution in [0.15, 0.2) is 45.0 Å². The monoisotopic (exact) mass is 347 g/mol. The zero-order valence-corrected chi connectivity index (χ0v) is 14.0. The van der Waals surface area contributed by atoms with Crippen LogP contribution in [0, 0.1) is 0 Å². The smallest absolute Gasteiger partial charge is 0.127 e. The quantitative estimate of drug-likeness (QED) is 0.377. The molecule has 0 bridgehead atoms. The summed E-state index contributed by atoms with van der Waals surface area (Å²) in [6.07, 6.45) is 1.64. The van der Waals surface area contributed by atoms with Crippen LogP contribution in [-0.2, 0) is 5.75 Å². The van der Waals surface area contributed by atoms with Crippen molar-refractivity contribution < 1.29 is 0 Å². The molecule has 0 N–H and O–H groups in total. The Bertz CT molecular complexity index is 863. The maximum Gasteiger partial charge on any atom is 0.127 e. The summed E-state index contributed by atoms with van der Waals surface area (Å²) in [6.45, 7) is 0. The minimum Gasteiger partial charge on any atom is -0.240 e. The number of fused-ring (bicyclic) bond motifs is 1. The van der Waals surface area contributed by atoms with Crippen molar-refractivity contribution in [2.24, 2.45) is 0 Å². The minimum absolute atomic E-state index is 0.836. The van der Waals surface area contributed by atoms with Gasteiger partial charge in [0.1, 0.15) is 21.2 Å². The second-order valence-electron chi connectivity index (χ2n) is 4.26. The highest BCUT2D eigenvalue weighted by atomic mass is 32.2. The predicted octanol–water partition coefficient (Wildman–Crippen LogP) is 5.17. The van der Waals surface area contributed by atoms with Gasteiger partial charge in [-0.25, -0.2) is 15.0 Å². The third kappa shape index (κ3) is 2.74. The third-order valence-electron chi connectivity index (χ3n) is 2.90. The number of hydrogen-bond donors (Lipinski definition) is 0. The lowest BCUT2D eigenvalue weighted by Gasteiger charge is -1.99. The summed E-state index contributed by atoms with van der Waals surface area (Å²) in [5.74, 6) is 0.836. The molecule has 0 unspecified atom stereocenters. The molecule has 4 rings (SSSR count). The summed E-state index contributed by atoms with van der Waals surface area (Å²) in [4.78, 5) is 14.4. The Kier molecular flexibility index (Phi) is 3.72. The van der Waals surface area contributed by atoms with E-state index in [1.165, 1.54) is 5.56 Å². The third-order valence-corrected chi connectivity index (χ3v) is 6.38. The van der Waals surface area contributed by atoms with E-state index in [-0.39, 0.29) is 0 Å². The molecular formula is C14H9N3S4. The van der Waals surface area contributed by atoms with Crippen molar-refractivity contribution in [1.29, 1.82) is 0 Å². The molecule has 4 aromatic rings. The van der Waals surface area contributed by atoms with E-state index >= 15 is 0 Å². The Balaban J connectivity index is 1.53. The van der Waals surface area contributed by atoms with Crippen LogP contribution in [0.3, 0.4) is 0 Å². The molecule has 3 nitrogen and oxygen atoms in total. The first-order valence-electron chi connectivity index (χ1n) is 6.18. The Morgan fingerprint density at radius 3 is 2.95 bits per heavy atom. The van der Waals surface area contributed by atoms with Crippen LogP contribution in [0.25, 0.3) is 20.8 Å². The van der Waals surface area contributed by atoms with Crippen LogP contribution in [0.4, 0.5) is 0 Å². The first kappa shape index (κ1) is 13.4. The maximum absolute atomic E-state index is 4.70. The van der Waals surface area contributed by atoms with Gasteiger partial charge in [0.2, 0.25) is 0 Å². The van der Waals surface area contributed by atoms with Crippen LogP contribution in [0.2, 0.25) is 0 Å². The highest BCUT2D eigenvalue weighted by molar-refractivity contribution is 7.98. The van der Waals surface area contributed by atoms with E-state index in [1.54, 1.807) is 52.1 Å². The van der Waals surface area contributed by atoms with Crippen LogP contribution in [-0.4, -0.2) is 15.0 Å². The fraction of sp³-hybridized carbons (Fsp3) is 0.0714. The van der Waals surface area contributed by atoms with Crippen molar-refractivity contribution >= 4 is 56.0 Å². The number of nitrogens with zero attached hydrogens (tertiary/aromatic N) is 3. The second kappa shape index (κ2) is 5.84. The van der Waals surface area contributed by atoms with Gasteiger partial charge in [-0.1, -0.05) is 11.8 Å². The minimum atomic E-state index is 0.836. The van der Waals surface area contributed by atoms with Gasteiger partial charge in [-0.2, -0.15) is 11.3 Å². The van der Waals surface area contributed by atoms with E-state index in [9.17, 15) is 0 Å². The van der Waals surface area contributed by atoms with Crippen LogP contribution < -0.4 is 0 Å². The molecule has 0 saturated heterocycles. The molecule has 0 amide bonds. The van der Waals surface area contributed by atoms with Crippen LogP contribution >= 0.6 is 45.8 Å². The van der Waals surface area contributed by atoms with Crippen molar-refractivity contribution in [1.82, 2.24) is 15.0 Å². The van der Waals surface area contributed by atoms with Gasteiger partial charge in [-0.3, -0.25) is 0 Å². The summed E-state index contributed by atoms with van der Waals surface area (Å²) < 4.78 is 0. The second-order valence-corrected chi connectivity index (χ2v) is 7.76. The molecule has 0 aliphatic carbocycles. The topological polar surface area (TPSA) is 38.7 Å². The Morgan fingerprint density at radius 1 is 1.05 bits per heavy atom. The van der Waals surface area contributed by atoms with Gasteiger partial charge >= 0.3 is 0 Å². The molecule has 4 heterocycles. The van der Waals surface area contributed by atoms with Crippen molar-refractivity contribution in [3.05, 3.63) is 45.7 Å². The molecule has 0 radical (unpaired) electrons. The lowest BCUT2D eigenvalue weighted by atomic mass is 10.4. The fourth-order valence-corrected chi connectivity index (χ4v) is 5.23. The molecular weight excluding hydrogens is 338 g/mol. The van der Waals surface area contributed by atoms with Crippen LogP contribution in [0.5, 0.6) is 0 Å². The molecule has 0 fully saturated rings. The number of thiazole rings is 1. The standard InChI is InChI=1S/C14H9N3S4/c1-3-18-5-9(1)12-17-10(6-20-12)7-21-14-11-2-4-19-13(11)15-8-16-14/h1-6,8H,7H2. The predicted molar refractivity (Wildman–Crippen MR) is 92.4 cm³/mol. The van der Waals surface area contributed by atoms with E-state index in [1.807, 2.05) is 0 Å². The molecule has 4 aromatic heterocycles. The lowest BCUT2D eigenvalue weighted by molar-refractivity contribution is 1.10. The zero-order chi connectivity index (χ0) is 14.1. The molecule has 0 aliphatic rings. The molecule has 0 spiro atoms. The van der Waals surface area contributed by atoms with Crippen molar-refractivity contribution in [3.8, 4) is 10.6 Å². The molecule has 0 aromatic carbocycles. The SMILES string of the molecule is c1nc(SCc2csc(-c3ccsc3)n2)c2ccsc2n1. The number of thiophene rings is 2. The van der Waals surface area contributed by atoms with Gasteiger partial charge < -0.3 is 0 Å². The van der Waals surface area contributed by atoms with Gasteiger partial charge in [0.05, 0.1) is 5.69 Å². The number of aromatic nitrogens is 3. The van der Waals surface area contributed by atoms with E-state index in [0.717, 1.165) is 31.7 Å². The maximum atomic E-state index is 4.70. The Morgan fingerprint density at radius 2 is 2.05 bits per heavy atom. The molecule has 7 heteroatoms. The van der Waals surface area contributed by atoms with Crippen molar-refractivity contribution in [2.75, 3.05) is 0 Å². The largest absolute Gasteiger partial charge is 0.240 e. The summed E-state index contributed by atoms with van der Waals surface area (Å²) in [6, 6.07) is 4.19. The van der Waals surface area contributed by atoms with E-state index in [4.69, 9.17) is 4.98 Å². The van der Waals surface area contributed by atoms with Gasteiger partial charge in [-0.05, 0) is 22.9 Å². The molecule has 0 aliphatic heterocycles. The van der Waals surface area contributed by atoms with E-state index in [2.05, 4.69) is 43.6 Å². The Labute approximate surface area is 137 Å². The number of thioether (sulfide) groups is 1. The number of rotatable bonds is 4. The molecule has 104 valence electrons. The average Bonchev–Trinajstić information content (AvgIpc) is 3.23. The summed E-state index contributed by atoms with van der Waals surface area (Å²) >= 11 is 6.77. The van der Waals surface area contributed by atoms with Crippen LogP contribution in [0.1, 0.15) is 5.69 Å². The molecule has 0 saturated carbocycles. The van der Waals surface area contributed by atoms with Crippen molar-refractivity contribution in [3.63, 3.8) is 0 Å². The van der Waals surface area contributed by atoms with Crippen molar-refractivity contribution in [2.45, 2.75) is 10.8 Å². The summed E-state index contributed by atoms with van der Waals surface area (Å²) in [7, 11) is 0. The molecule has 21 heavy (non-hydrogen) atoms. The Hall–Kier alpha value is -1.28. The first-order chi connectivity index (χ1) is 10.4. The zero-order valence-electron chi connectivity index (χ0n) is 10.7. The average molecular weight is 348 g/mol. The van der Waals surface area contributed by atoms with Gasteiger partial charge in [0.25, 0.3) is 0 Å². The number of hydrogen-bond acceptors (Lipinski definition) is 7. The van der Waals surface area contributed by atoms with E-state index in [0.29, 0.717) is 0 Å². The highest BCUT2D eigenvalue weighted by Gasteiger charge is 2.09. The highest BCUT2D eigenvalue weighted by Crippen LogP contribution is 2.31. The van der Waals surface area contributed by atoms with Gasteiger partial charge in [-0.15, -0.1) is 22.7 Å². The lowest BCUT2D eigenvalue weighted by Crippen LogP contribution is -1.86. The van der Waals surface area contributed by atoms with Gasteiger partial charge in [0, 0.05) is 27.5 Å². The van der Waals surface area contributed by atoms with Gasteiger partial charge in [0.15, 0.2) is 0 Å². The summed E-state index contributed by atoms with van der Waals surface area (Å²) in [5, 5.41) is 11.7. The normalized spacial score (nSPS) is 11.2. The summed E-state index contributed by atoms with van der Waals surface area (Å²) in [5.41, 5.74) is 2.32. The molecule has 0 atom stereocenters. The first-order valence-corrected chi connectivity index (χ1v) is 9.87. The van der Waals surface area contributed by atoms with E-state index < -0.39 is 0 Å². The fourth-order valence-electron chi connectivity index (χ4n) is 1.92.